The van der Waals surface area contributed by atoms with E-state index >= 15 is 0 Å². The van der Waals surface area contributed by atoms with Gasteiger partial charge < -0.3 is 5.32 Å². The van der Waals surface area contributed by atoms with Crippen LogP contribution in [-0.4, -0.2) is 31.8 Å². The molecule has 1 unspecified atom stereocenters. The van der Waals surface area contributed by atoms with Gasteiger partial charge in [-0.25, -0.2) is 17.2 Å². The van der Waals surface area contributed by atoms with Gasteiger partial charge in [-0.15, -0.1) is 0 Å². The summed E-state index contributed by atoms with van der Waals surface area (Å²) in [6.07, 6.45) is 1.71. The van der Waals surface area contributed by atoms with Crippen LogP contribution in [0.1, 0.15) is 18.4 Å². The molecule has 0 saturated carbocycles. The van der Waals surface area contributed by atoms with Crippen molar-refractivity contribution < 1.29 is 22.0 Å². The van der Waals surface area contributed by atoms with E-state index in [2.05, 4.69) is 14.9 Å². The van der Waals surface area contributed by atoms with Crippen LogP contribution >= 0.6 is 0 Å². The number of likely N-dealkylation sites (tertiary alicyclic amines) is 1. The van der Waals surface area contributed by atoms with Gasteiger partial charge in [-0.05, 0) is 67.4 Å². The van der Waals surface area contributed by atoms with Crippen LogP contribution in [0, 0.1) is 11.6 Å². The molecule has 3 aromatic rings. The van der Waals surface area contributed by atoms with Gasteiger partial charge in [-0.1, -0.05) is 30.3 Å². The lowest BCUT2D eigenvalue weighted by Gasteiger charge is -2.23. The number of nitrogens with zero attached hydrogens (tertiary/aromatic N) is 1. The molecule has 0 radical (unpaired) electrons. The molecule has 172 valence electrons. The van der Waals surface area contributed by atoms with E-state index in [4.69, 9.17) is 0 Å². The number of benzene rings is 3. The third-order valence-electron chi connectivity index (χ3n) is 5.50. The Labute approximate surface area is 191 Å². The normalized spacial score (nSPS) is 16.5. The second-order valence-corrected chi connectivity index (χ2v) is 9.54. The number of hydrogen-bond donors (Lipinski definition) is 2. The Morgan fingerprint density at radius 3 is 2.33 bits per heavy atom. The summed E-state index contributed by atoms with van der Waals surface area (Å²) in [6.45, 7) is 1.54. The zero-order valence-electron chi connectivity index (χ0n) is 17.7. The molecule has 0 spiro atoms. The first kappa shape index (κ1) is 22.9. The van der Waals surface area contributed by atoms with Crippen LogP contribution in [0.3, 0.4) is 0 Å². The van der Waals surface area contributed by atoms with Crippen molar-refractivity contribution in [2.45, 2.75) is 30.3 Å². The van der Waals surface area contributed by atoms with Crippen molar-refractivity contribution in [2.75, 3.05) is 16.6 Å². The molecule has 1 amide bonds. The number of nitrogens with one attached hydrogen (secondary N) is 2. The van der Waals surface area contributed by atoms with Gasteiger partial charge in [0.2, 0.25) is 5.91 Å². The van der Waals surface area contributed by atoms with E-state index in [9.17, 15) is 22.0 Å². The highest BCUT2D eigenvalue weighted by Crippen LogP contribution is 2.23. The van der Waals surface area contributed by atoms with Crippen LogP contribution in [0.15, 0.2) is 77.7 Å². The lowest BCUT2D eigenvalue weighted by Crippen LogP contribution is -2.39. The minimum absolute atomic E-state index is 0.112. The Bertz CT molecular complexity index is 1240. The van der Waals surface area contributed by atoms with Crippen molar-refractivity contribution in [3.05, 3.63) is 90.0 Å². The Balaban J connectivity index is 1.39. The Morgan fingerprint density at radius 2 is 1.64 bits per heavy atom. The van der Waals surface area contributed by atoms with Crippen LogP contribution in [-0.2, 0) is 21.4 Å². The molecule has 2 N–H and O–H groups in total. The number of halogens is 2. The van der Waals surface area contributed by atoms with Crippen molar-refractivity contribution in [2.24, 2.45) is 0 Å². The van der Waals surface area contributed by atoms with Crippen molar-refractivity contribution in [1.82, 2.24) is 4.90 Å². The predicted molar refractivity (Wildman–Crippen MR) is 122 cm³/mol. The molecule has 1 saturated heterocycles. The lowest BCUT2D eigenvalue weighted by molar-refractivity contribution is -0.120. The van der Waals surface area contributed by atoms with Crippen LogP contribution in [0.4, 0.5) is 20.2 Å². The van der Waals surface area contributed by atoms with E-state index < -0.39 is 26.6 Å². The van der Waals surface area contributed by atoms with Gasteiger partial charge >= 0.3 is 0 Å². The number of carbonyl (C=O) groups excluding carboxylic acids is 1. The number of amides is 1. The second-order valence-electron chi connectivity index (χ2n) is 7.86. The highest BCUT2D eigenvalue weighted by atomic mass is 32.2. The fourth-order valence-electron chi connectivity index (χ4n) is 3.84. The van der Waals surface area contributed by atoms with E-state index in [-0.39, 0.29) is 17.6 Å². The molecule has 1 aliphatic rings. The molecule has 3 aromatic carbocycles. The molecule has 9 heteroatoms. The third kappa shape index (κ3) is 5.55. The number of hydrogen-bond acceptors (Lipinski definition) is 4. The van der Waals surface area contributed by atoms with Crippen molar-refractivity contribution in [3.63, 3.8) is 0 Å². The molecule has 0 aliphatic carbocycles. The van der Waals surface area contributed by atoms with Crippen LogP contribution in [0.5, 0.6) is 0 Å². The summed E-state index contributed by atoms with van der Waals surface area (Å²) in [7, 11) is -4.09. The molecular formula is C24H23F2N3O3S. The highest BCUT2D eigenvalue weighted by molar-refractivity contribution is 7.92. The molecule has 1 heterocycles. The fourth-order valence-corrected chi connectivity index (χ4v) is 4.91. The first-order chi connectivity index (χ1) is 15.8. The summed E-state index contributed by atoms with van der Waals surface area (Å²) < 4.78 is 53.6. The summed E-state index contributed by atoms with van der Waals surface area (Å²) in [5.41, 5.74) is 1.90. The van der Waals surface area contributed by atoms with Gasteiger partial charge in [0.15, 0.2) is 11.6 Å². The number of rotatable bonds is 7. The molecule has 1 atom stereocenters. The average molecular weight is 472 g/mol. The summed E-state index contributed by atoms with van der Waals surface area (Å²) in [5, 5.41) is 2.89. The van der Waals surface area contributed by atoms with Gasteiger partial charge in [0.1, 0.15) is 0 Å². The van der Waals surface area contributed by atoms with E-state index in [0.717, 1.165) is 37.1 Å². The summed E-state index contributed by atoms with van der Waals surface area (Å²) >= 11 is 0. The van der Waals surface area contributed by atoms with Gasteiger partial charge in [0.25, 0.3) is 10.0 Å². The number of anilines is 2. The molecule has 33 heavy (non-hydrogen) atoms. The minimum atomic E-state index is -4.09. The van der Waals surface area contributed by atoms with E-state index in [0.29, 0.717) is 18.3 Å². The second kappa shape index (κ2) is 9.68. The monoisotopic (exact) mass is 471 g/mol. The van der Waals surface area contributed by atoms with Crippen LogP contribution in [0.25, 0.3) is 0 Å². The number of sulfonamides is 1. The molecule has 0 bridgehead atoms. The van der Waals surface area contributed by atoms with Gasteiger partial charge in [-0.2, -0.15) is 0 Å². The van der Waals surface area contributed by atoms with E-state index in [1.807, 2.05) is 30.3 Å². The minimum Gasteiger partial charge on any atom is -0.325 e. The Morgan fingerprint density at radius 1 is 0.939 bits per heavy atom. The predicted octanol–water partition coefficient (Wildman–Crippen LogP) is 4.37. The average Bonchev–Trinajstić information content (AvgIpc) is 3.25. The zero-order valence-corrected chi connectivity index (χ0v) is 18.5. The van der Waals surface area contributed by atoms with Crippen molar-refractivity contribution in [1.29, 1.82) is 0 Å². The third-order valence-corrected chi connectivity index (χ3v) is 6.88. The van der Waals surface area contributed by atoms with Crippen LogP contribution in [0.2, 0.25) is 0 Å². The Hall–Kier alpha value is -3.30. The maximum atomic E-state index is 13.4. The summed E-state index contributed by atoms with van der Waals surface area (Å²) in [5.74, 6) is -2.48. The quantitative estimate of drug-likeness (QED) is 0.537. The van der Waals surface area contributed by atoms with Crippen LogP contribution < -0.4 is 10.0 Å². The molecule has 1 aliphatic heterocycles. The molecule has 6 nitrogen and oxygen atoms in total. The van der Waals surface area contributed by atoms with Crippen molar-refractivity contribution in [3.8, 4) is 0 Å². The van der Waals surface area contributed by atoms with Gasteiger partial charge in [-0.3, -0.25) is 14.4 Å². The lowest BCUT2D eigenvalue weighted by atomic mass is 10.1. The van der Waals surface area contributed by atoms with E-state index in [1.165, 1.54) is 12.1 Å². The maximum Gasteiger partial charge on any atom is 0.261 e. The van der Waals surface area contributed by atoms with Crippen molar-refractivity contribution >= 4 is 27.3 Å². The molecule has 4 rings (SSSR count). The first-order valence-electron chi connectivity index (χ1n) is 10.5. The topological polar surface area (TPSA) is 78.5 Å². The first-order valence-corrected chi connectivity index (χ1v) is 12.0. The molecule has 0 aromatic heterocycles. The molecule has 1 fully saturated rings. The number of carbonyl (C=O) groups is 1. The van der Waals surface area contributed by atoms with Gasteiger partial charge in [0.05, 0.1) is 10.9 Å². The van der Waals surface area contributed by atoms with E-state index in [1.54, 1.807) is 12.1 Å². The Kier molecular flexibility index (Phi) is 6.71. The smallest absolute Gasteiger partial charge is 0.261 e. The van der Waals surface area contributed by atoms with Gasteiger partial charge in [0, 0.05) is 17.9 Å². The SMILES string of the molecule is O=C(Nc1ccc(NS(=O)(=O)c2ccc(F)c(F)c2)cc1)C1CCCN1Cc1ccccc1. The highest BCUT2D eigenvalue weighted by Gasteiger charge is 2.30. The fraction of sp³-hybridized carbons (Fsp3) is 0.208. The molecular weight excluding hydrogens is 448 g/mol. The largest absolute Gasteiger partial charge is 0.325 e. The summed E-state index contributed by atoms with van der Waals surface area (Å²) in [4.78, 5) is 14.6. The zero-order chi connectivity index (χ0) is 23.4. The summed E-state index contributed by atoms with van der Waals surface area (Å²) in [6, 6.07) is 18.2. The maximum absolute atomic E-state index is 13.4. The standard InChI is InChI=1S/C24H23F2N3O3S/c25-21-13-12-20(15-22(21)26)33(31,32)28-19-10-8-18(9-11-19)27-24(30)23-7-4-14-29(23)16-17-5-2-1-3-6-17/h1-3,5-6,8-13,15,23,28H,4,7,14,16H2,(H,27,30).